The quantitative estimate of drug-likeness (QED) is 0.378. The van der Waals surface area contributed by atoms with Crippen molar-refractivity contribution < 1.29 is 4.79 Å². The number of allylic oxidation sites excluding steroid dienone is 2. The summed E-state index contributed by atoms with van der Waals surface area (Å²) in [6, 6.07) is 7.19. The minimum Gasteiger partial charge on any atom is -0.299 e. The molecular weight excluding hydrogens is 184 g/mol. The summed E-state index contributed by atoms with van der Waals surface area (Å²) in [7, 11) is 0. The topological polar surface area (TPSA) is 17.1 Å². The SMILES string of the molecule is O=C/C=C/C#Cc1ccc(Cl)cc1. The first kappa shape index (κ1) is 9.57. The third kappa shape index (κ3) is 3.59. The van der Waals surface area contributed by atoms with Crippen LogP contribution in [0.4, 0.5) is 0 Å². The molecule has 13 heavy (non-hydrogen) atoms. The van der Waals surface area contributed by atoms with E-state index in [0.29, 0.717) is 11.3 Å². The first-order valence-electron chi connectivity index (χ1n) is 3.70. The monoisotopic (exact) mass is 190 g/mol. The molecule has 2 heteroatoms. The molecule has 1 aromatic rings. The summed E-state index contributed by atoms with van der Waals surface area (Å²) in [5, 5.41) is 0.689. The lowest BCUT2D eigenvalue weighted by Crippen LogP contribution is -1.71. The Morgan fingerprint density at radius 3 is 2.54 bits per heavy atom. The van der Waals surface area contributed by atoms with Crippen LogP contribution in [0.3, 0.4) is 0 Å². The van der Waals surface area contributed by atoms with E-state index in [1.54, 1.807) is 12.1 Å². The molecule has 0 heterocycles. The largest absolute Gasteiger partial charge is 0.299 e. The fourth-order valence-corrected chi connectivity index (χ4v) is 0.872. The maximum Gasteiger partial charge on any atom is 0.143 e. The molecule has 0 aliphatic rings. The molecule has 0 amide bonds. The van der Waals surface area contributed by atoms with Crippen molar-refractivity contribution >= 4 is 17.9 Å². The number of aldehydes is 1. The van der Waals surface area contributed by atoms with Crippen molar-refractivity contribution in [2.24, 2.45) is 0 Å². The number of halogens is 1. The number of carbonyl (C=O) groups excluding carboxylic acids is 1. The molecule has 0 saturated carbocycles. The Balaban J connectivity index is 2.72. The van der Waals surface area contributed by atoms with Gasteiger partial charge < -0.3 is 0 Å². The minimum atomic E-state index is 0.689. The van der Waals surface area contributed by atoms with E-state index in [1.807, 2.05) is 12.1 Å². The molecule has 0 aliphatic heterocycles. The Hall–Kier alpha value is -1.52. The van der Waals surface area contributed by atoms with Gasteiger partial charge in [-0.25, -0.2) is 0 Å². The lowest BCUT2D eigenvalue weighted by molar-refractivity contribution is -0.104. The molecule has 0 bridgehead atoms. The van der Waals surface area contributed by atoms with E-state index in [2.05, 4.69) is 11.8 Å². The number of rotatable bonds is 1. The van der Waals surface area contributed by atoms with Gasteiger partial charge in [-0.3, -0.25) is 4.79 Å². The highest BCUT2D eigenvalue weighted by atomic mass is 35.5. The molecule has 1 aromatic carbocycles. The van der Waals surface area contributed by atoms with Crippen LogP contribution in [0.5, 0.6) is 0 Å². The number of carbonyl (C=O) groups is 1. The van der Waals surface area contributed by atoms with Crippen LogP contribution in [0.1, 0.15) is 5.56 Å². The Morgan fingerprint density at radius 1 is 1.23 bits per heavy atom. The van der Waals surface area contributed by atoms with E-state index in [4.69, 9.17) is 11.6 Å². The van der Waals surface area contributed by atoms with Gasteiger partial charge in [-0.2, -0.15) is 0 Å². The molecule has 0 aliphatic carbocycles. The van der Waals surface area contributed by atoms with Gasteiger partial charge in [0.05, 0.1) is 0 Å². The van der Waals surface area contributed by atoms with Crippen molar-refractivity contribution in [2.45, 2.75) is 0 Å². The zero-order valence-electron chi connectivity index (χ0n) is 6.83. The van der Waals surface area contributed by atoms with Crippen molar-refractivity contribution in [1.82, 2.24) is 0 Å². The smallest absolute Gasteiger partial charge is 0.143 e. The molecule has 0 fully saturated rings. The predicted molar refractivity (Wildman–Crippen MR) is 53.5 cm³/mol. The molecule has 64 valence electrons. The summed E-state index contributed by atoms with van der Waals surface area (Å²) in [6.07, 6.45) is 3.54. The summed E-state index contributed by atoms with van der Waals surface area (Å²) >= 11 is 5.69. The molecule has 0 N–H and O–H groups in total. The highest BCUT2D eigenvalue weighted by molar-refractivity contribution is 6.30. The second-order valence-electron chi connectivity index (χ2n) is 2.27. The van der Waals surface area contributed by atoms with Crippen LogP contribution in [-0.4, -0.2) is 6.29 Å². The van der Waals surface area contributed by atoms with Crippen molar-refractivity contribution in [2.75, 3.05) is 0 Å². The van der Waals surface area contributed by atoms with E-state index in [0.717, 1.165) is 5.56 Å². The summed E-state index contributed by atoms with van der Waals surface area (Å²) in [5.41, 5.74) is 0.875. The van der Waals surface area contributed by atoms with Gasteiger partial charge in [0.15, 0.2) is 0 Å². The van der Waals surface area contributed by atoms with Crippen LogP contribution in [-0.2, 0) is 4.79 Å². The van der Waals surface area contributed by atoms with Gasteiger partial charge in [-0.05, 0) is 36.4 Å². The fourth-order valence-electron chi connectivity index (χ4n) is 0.746. The maximum absolute atomic E-state index is 9.89. The third-order valence-corrected chi connectivity index (χ3v) is 1.57. The first-order chi connectivity index (χ1) is 6.33. The molecule has 1 rings (SSSR count). The van der Waals surface area contributed by atoms with E-state index in [-0.39, 0.29) is 0 Å². The zero-order chi connectivity index (χ0) is 9.52. The molecule has 0 atom stereocenters. The first-order valence-corrected chi connectivity index (χ1v) is 4.08. The summed E-state index contributed by atoms with van der Waals surface area (Å²) in [4.78, 5) is 9.89. The zero-order valence-corrected chi connectivity index (χ0v) is 7.58. The second-order valence-corrected chi connectivity index (χ2v) is 2.71. The van der Waals surface area contributed by atoms with Gasteiger partial charge in [-0.15, -0.1) is 0 Å². The van der Waals surface area contributed by atoms with E-state index in [9.17, 15) is 4.79 Å². The van der Waals surface area contributed by atoms with Gasteiger partial charge in [0, 0.05) is 10.6 Å². The van der Waals surface area contributed by atoms with Crippen LogP contribution < -0.4 is 0 Å². The number of hydrogen-bond donors (Lipinski definition) is 0. The van der Waals surface area contributed by atoms with Gasteiger partial charge in [-0.1, -0.05) is 23.4 Å². The summed E-state index contributed by atoms with van der Waals surface area (Å²) in [6.45, 7) is 0. The third-order valence-electron chi connectivity index (χ3n) is 1.32. The van der Waals surface area contributed by atoms with Gasteiger partial charge in [0.2, 0.25) is 0 Å². The average Bonchev–Trinajstić information content (AvgIpc) is 2.15. The molecule has 0 unspecified atom stereocenters. The highest BCUT2D eigenvalue weighted by Gasteiger charge is 1.85. The number of hydrogen-bond acceptors (Lipinski definition) is 1. The standard InChI is InChI=1S/C11H7ClO/c12-11-7-5-10(6-8-11)4-2-1-3-9-13/h1,3,5-9H/b3-1+. The van der Waals surface area contributed by atoms with Crippen LogP contribution >= 0.6 is 11.6 Å². The lowest BCUT2D eigenvalue weighted by atomic mass is 10.2. The number of benzene rings is 1. The Morgan fingerprint density at radius 2 is 1.92 bits per heavy atom. The summed E-state index contributed by atoms with van der Waals surface area (Å²) in [5.74, 6) is 5.57. The maximum atomic E-state index is 9.89. The average molecular weight is 191 g/mol. The van der Waals surface area contributed by atoms with Crippen molar-refractivity contribution in [3.63, 3.8) is 0 Å². The molecule has 0 radical (unpaired) electrons. The highest BCUT2D eigenvalue weighted by Crippen LogP contribution is 2.08. The van der Waals surface area contributed by atoms with Crippen molar-refractivity contribution in [3.8, 4) is 11.8 Å². The fraction of sp³-hybridized carbons (Fsp3) is 0. The normalized spacial score (nSPS) is 9.31. The predicted octanol–water partition coefficient (Wildman–Crippen LogP) is 2.45. The molecule has 0 aromatic heterocycles. The Labute approximate surface area is 82.0 Å². The molecule has 0 saturated heterocycles. The molecule has 0 spiro atoms. The lowest BCUT2D eigenvalue weighted by Gasteiger charge is -1.88. The van der Waals surface area contributed by atoms with Crippen molar-refractivity contribution in [1.29, 1.82) is 0 Å². The van der Waals surface area contributed by atoms with E-state index in [1.165, 1.54) is 12.2 Å². The van der Waals surface area contributed by atoms with Crippen LogP contribution in [0.25, 0.3) is 0 Å². The van der Waals surface area contributed by atoms with E-state index < -0.39 is 0 Å². The molecule has 1 nitrogen and oxygen atoms in total. The van der Waals surface area contributed by atoms with Gasteiger partial charge >= 0.3 is 0 Å². The summed E-state index contributed by atoms with van der Waals surface area (Å²) < 4.78 is 0. The van der Waals surface area contributed by atoms with Crippen LogP contribution in [0.15, 0.2) is 36.4 Å². The molecular formula is C11H7ClO. The van der Waals surface area contributed by atoms with Crippen molar-refractivity contribution in [3.05, 3.63) is 47.0 Å². The second kappa shape index (κ2) is 5.18. The van der Waals surface area contributed by atoms with Crippen LogP contribution in [0, 0.1) is 11.8 Å². The Kier molecular flexibility index (Phi) is 3.81. The van der Waals surface area contributed by atoms with E-state index >= 15 is 0 Å². The minimum absolute atomic E-state index is 0.689. The van der Waals surface area contributed by atoms with Gasteiger partial charge in [0.1, 0.15) is 6.29 Å². The van der Waals surface area contributed by atoms with Gasteiger partial charge in [0.25, 0.3) is 0 Å². The van der Waals surface area contributed by atoms with Crippen LogP contribution in [0.2, 0.25) is 5.02 Å². The Bertz CT molecular complexity index is 365.